The predicted molar refractivity (Wildman–Crippen MR) is 73.5 cm³/mol. The smallest absolute Gasteiger partial charge is 0.0965 e. The fraction of sp³-hybridized carbons (Fsp3) is 0.429. The summed E-state index contributed by atoms with van der Waals surface area (Å²) in [4.78, 5) is 0. The van der Waals surface area contributed by atoms with Gasteiger partial charge in [-0.1, -0.05) is 35.0 Å². The second-order valence-electron chi connectivity index (χ2n) is 4.71. The van der Waals surface area contributed by atoms with E-state index in [2.05, 4.69) is 53.7 Å². The van der Waals surface area contributed by atoms with Gasteiger partial charge in [-0.15, -0.1) is 5.10 Å². The first kappa shape index (κ1) is 13.7. The van der Waals surface area contributed by atoms with E-state index in [1.54, 1.807) is 4.68 Å². The van der Waals surface area contributed by atoms with Crippen molar-refractivity contribution in [2.24, 2.45) is 0 Å². The molecule has 1 aromatic carbocycles. The number of nitrogens with zero attached hydrogens (tertiary/aromatic N) is 3. The standard InChI is InChI=1S/C14H20N4O/c1-11-3-5-13(6-4-11)12(2)15-9-14-10-18(7-8-19)17-16-14/h3-6,10,12,15,19H,7-9H2,1-2H3/t12-/m1/s1. The molecule has 0 saturated carbocycles. The maximum atomic E-state index is 8.81. The summed E-state index contributed by atoms with van der Waals surface area (Å²) in [7, 11) is 0. The summed E-state index contributed by atoms with van der Waals surface area (Å²) in [6, 6.07) is 8.77. The van der Waals surface area contributed by atoms with Crippen molar-refractivity contribution in [3.63, 3.8) is 0 Å². The number of rotatable bonds is 6. The first-order valence-electron chi connectivity index (χ1n) is 6.49. The Bertz CT molecular complexity index is 506. The predicted octanol–water partition coefficient (Wildman–Crippen LogP) is 1.43. The van der Waals surface area contributed by atoms with E-state index in [4.69, 9.17) is 5.11 Å². The molecule has 5 nitrogen and oxygen atoms in total. The largest absolute Gasteiger partial charge is 0.394 e. The van der Waals surface area contributed by atoms with Crippen LogP contribution in [0.4, 0.5) is 0 Å². The van der Waals surface area contributed by atoms with E-state index in [-0.39, 0.29) is 12.6 Å². The molecule has 0 aliphatic carbocycles. The number of aromatic nitrogens is 3. The van der Waals surface area contributed by atoms with Crippen LogP contribution in [0.2, 0.25) is 0 Å². The third-order valence-corrected chi connectivity index (χ3v) is 3.08. The van der Waals surface area contributed by atoms with Crippen LogP contribution in [0.25, 0.3) is 0 Å². The van der Waals surface area contributed by atoms with Gasteiger partial charge in [0.2, 0.25) is 0 Å². The molecule has 0 unspecified atom stereocenters. The number of hydrogen-bond acceptors (Lipinski definition) is 4. The summed E-state index contributed by atoms with van der Waals surface area (Å²) >= 11 is 0. The van der Waals surface area contributed by atoms with E-state index in [1.807, 2.05) is 6.20 Å². The van der Waals surface area contributed by atoms with Crippen molar-refractivity contribution in [1.82, 2.24) is 20.3 Å². The molecule has 0 saturated heterocycles. The molecule has 0 radical (unpaired) electrons. The molecule has 0 aliphatic rings. The SMILES string of the molecule is Cc1ccc([C@@H](C)NCc2cn(CCO)nn2)cc1. The molecule has 1 atom stereocenters. The quantitative estimate of drug-likeness (QED) is 0.824. The molecule has 0 spiro atoms. The minimum Gasteiger partial charge on any atom is -0.394 e. The van der Waals surface area contributed by atoms with Crippen LogP contribution in [0.15, 0.2) is 30.5 Å². The Hall–Kier alpha value is -1.72. The van der Waals surface area contributed by atoms with Gasteiger partial charge in [0.15, 0.2) is 0 Å². The molecule has 0 bridgehead atoms. The molecule has 2 aromatic rings. The average Bonchev–Trinajstić information content (AvgIpc) is 2.85. The maximum Gasteiger partial charge on any atom is 0.0965 e. The molecule has 0 aliphatic heterocycles. The van der Waals surface area contributed by atoms with Crippen LogP contribution in [0.5, 0.6) is 0 Å². The maximum absolute atomic E-state index is 8.81. The highest BCUT2D eigenvalue weighted by atomic mass is 16.3. The van der Waals surface area contributed by atoms with Gasteiger partial charge in [-0.25, -0.2) is 4.68 Å². The minimum absolute atomic E-state index is 0.0794. The van der Waals surface area contributed by atoms with Gasteiger partial charge in [0, 0.05) is 18.8 Å². The Balaban J connectivity index is 1.88. The minimum atomic E-state index is 0.0794. The molecular weight excluding hydrogens is 240 g/mol. The number of benzene rings is 1. The first-order valence-corrected chi connectivity index (χ1v) is 6.49. The second kappa shape index (κ2) is 6.45. The lowest BCUT2D eigenvalue weighted by atomic mass is 10.1. The summed E-state index contributed by atoms with van der Waals surface area (Å²) in [5, 5.41) is 20.2. The molecule has 2 rings (SSSR count). The number of hydrogen-bond donors (Lipinski definition) is 2. The van der Waals surface area contributed by atoms with Gasteiger partial charge in [-0.2, -0.15) is 0 Å². The fourth-order valence-electron chi connectivity index (χ4n) is 1.86. The van der Waals surface area contributed by atoms with Crippen molar-refractivity contribution < 1.29 is 5.11 Å². The van der Waals surface area contributed by atoms with Gasteiger partial charge >= 0.3 is 0 Å². The summed E-state index contributed by atoms with van der Waals surface area (Å²) in [6.07, 6.45) is 1.85. The second-order valence-corrected chi connectivity index (χ2v) is 4.71. The zero-order valence-electron chi connectivity index (χ0n) is 11.4. The van der Waals surface area contributed by atoms with Crippen LogP contribution < -0.4 is 5.32 Å². The molecule has 2 N–H and O–H groups in total. The average molecular weight is 260 g/mol. The van der Waals surface area contributed by atoms with E-state index in [0.29, 0.717) is 13.1 Å². The molecule has 0 fully saturated rings. The van der Waals surface area contributed by atoms with Gasteiger partial charge in [-0.05, 0) is 19.4 Å². The van der Waals surface area contributed by atoms with Crippen LogP contribution >= 0.6 is 0 Å². The number of aliphatic hydroxyl groups is 1. The van der Waals surface area contributed by atoms with Crippen LogP contribution in [0.1, 0.15) is 29.8 Å². The molecule has 5 heteroatoms. The number of nitrogens with one attached hydrogen (secondary N) is 1. The van der Waals surface area contributed by atoms with Gasteiger partial charge in [-0.3, -0.25) is 0 Å². The number of aliphatic hydroxyl groups excluding tert-OH is 1. The lowest BCUT2D eigenvalue weighted by Crippen LogP contribution is -2.18. The van der Waals surface area contributed by atoms with Crippen molar-refractivity contribution in [1.29, 1.82) is 0 Å². The van der Waals surface area contributed by atoms with Crippen LogP contribution in [-0.4, -0.2) is 26.7 Å². The highest BCUT2D eigenvalue weighted by Gasteiger charge is 2.06. The van der Waals surface area contributed by atoms with E-state index in [9.17, 15) is 0 Å². The van der Waals surface area contributed by atoms with Crippen LogP contribution in [0.3, 0.4) is 0 Å². The van der Waals surface area contributed by atoms with Crippen molar-refractivity contribution in [2.75, 3.05) is 6.61 Å². The van der Waals surface area contributed by atoms with Crippen molar-refractivity contribution in [3.05, 3.63) is 47.3 Å². The third-order valence-electron chi connectivity index (χ3n) is 3.08. The summed E-state index contributed by atoms with van der Waals surface area (Å²) in [5.74, 6) is 0. The Morgan fingerprint density at radius 3 is 2.74 bits per heavy atom. The van der Waals surface area contributed by atoms with Crippen molar-refractivity contribution in [3.8, 4) is 0 Å². The zero-order chi connectivity index (χ0) is 13.7. The van der Waals surface area contributed by atoms with Gasteiger partial charge in [0.25, 0.3) is 0 Å². The Labute approximate surface area is 113 Å². The molecule has 19 heavy (non-hydrogen) atoms. The molecular formula is C14H20N4O. The highest BCUT2D eigenvalue weighted by Crippen LogP contribution is 2.13. The van der Waals surface area contributed by atoms with E-state index in [1.165, 1.54) is 11.1 Å². The lowest BCUT2D eigenvalue weighted by molar-refractivity contribution is 0.268. The summed E-state index contributed by atoms with van der Waals surface area (Å²) < 4.78 is 1.65. The Morgan fingerprint density at radius 2 is 2.05 bits per heavy atom. The molecule has 0 amide bonds. The summed E-state index contributed by atoms with van der Waals surface area (Å²) in [6.45, 7) is 5.45. The topological polar surface area (TPSA) is 63.0 Å². The first-order chi connectivity index (χ1) is 9.19. The van der Waals surface area contributed by atoms with Gasteiger partial charge in [0.1, 0.15) is 0 Å². The van der Waals surface area contributed by atoms with Crippen LogP contribution in [-0.2, 0) is 13.1 Å². The Morgan fingerprint density at radius 1 is 1.32 bits per heavy atom. The third kappa shape index (κ3) is 3.87. The summed E-state index contributed by atoms with van der Waals surface area (Å²) in [5.41, 5.74) is 3.41. The zero-order valence-corrected chi connectivity index (χ0v) is 11.4. The molecule has 102 valence electrons. The molecule has 1 heterocycles. The van der Waals surface area contributed by atoms with Crippen molar-refractivity contribution in [2.45, 2.75) is 33.0 Å². The highest BCUT2D eigenvalue weighted by molar-refractivity contribution is 5.23. The van der Waals surface area contributed by atoms with Gasteiger partial charge in [0.05, 0.1) is 18.8 Å². The Kier molecular flexibility index (Phi) is 4.65. The number of aryl methyl sites for hydroxylation is 1. The normalized spacial score (nSPS) is 12.6. The van der Waals surface area contributed by atoms with E-state index < -0.39 is 0 Å². The lowest BCUT2D eigenvalue weighted by Gasteiger charge is -2.13. The van der Waals surface area contributed by atoms with E-state index in [0.717, 1.165) is 5.69 Å². The monoisotopic (exact) mass is 260 g/mol. The van der Waals surface area contributed by atoms with E-state index >= 15 is 0 Å². The van der Waals surface area contributed by atoms with Gasteiger partial charge < -0.3 is 10.4 Å². The van der Waals surface area contributed by atoms with Crippen molar-refractivity contribution >= 4 is 0 Å². The fourth-order valence-corrected chi connectivity index (χ4v) is 1.86. The van der Waals surface area contributed by atoms with Crippen LogP contribution in [0, 0.1) is 6.92 Å². The molecule has 1 aromatic heterocycles.